The van der Waals surface area contributed by atoms with Crippen LogP contribution in [0.3, 0.4) is 0 Å². The number of hydrogen-bond acceptors (Lipinski definition) is 2. The molecule has 0 N–H and O–H groups in total. The molecule has 0 radical (unpaired) electrons. The zero-order valence-corrected chi connectivity index (χ0v) is 24.2. The fraction of sp³-hybridized carbons (Fsp3) is 0.688. The monoisotopic (exact) mass is 626 g/mol. The highest BCUT2D eigenvalue weighted by atomic mass is 19.3. The molecule has 2 unspecified atom stereocenters. The normalized spacial score (nSPS) is 29.3. The molecule has 3 aliphatic carbocycles. The van der Waals surface area contributed by atoms with E-state index in [1.54, 1.807) is 6.08 Å². The van der Waals surface area contributed by atoms with Crippen LogP contribution in [0.5, 0.6) is 5.75 Å². The molecule has 2 fully saturated rings. The molecule has 0 heterocycles. The van der Waals surface area contributed by atoms with Crippen molar-refractivity contribution in [2.24, 2.45) is 29.6 Å². The van der Waals surface area contributed by atoms with Crippen LogP contribution in [-0.2, 0) is 4.74 Å². The minimum Gasteiger partial charge on any atom is -0.432 e. The molecule has 2 nitrogen and oxygen atoms in total. The third kappa shape index (κ3) is 8.51. The van der Waals surface area contributed by atoms with Crippen LogP contribution in [0.4, 0.5) is 39.5 Å². The second kappa shape index (κ2) is 14.3. The molecular formula is C32H39F9O2. The first-order valence-corrected chi connectivity index (χ1v) is 15.3. The second-order valence-corrected chi connectivity index (χ2v) is 12.2. The minimum atomic E-state index is -3.88. The highest BCUT2D eigenvalue weighted by Gasteiger charge is 2.48. The van der Waals surface area contributed by atoms with E-state index in [4.69, 9.17) is 4.74 Å². The molecule has 0 bridgehead atoms. The Labute approximate surface area is 246 Å². The summed E-state index contributed by atoms with van der Waals surface area (Å²) >= 11 is 0. The molecule has 2 atom stereocenters. The predicted octanol–water partition coefficient (Wildman–Crippen LogP) is 11.0. The van der Waals surface area contributed by atoms with Crippen LogP contribution in [0.25, 0.3) is 0 Å². The molecule has 0 aliphatic heterocycles. The van der Waals surface area contributed by atoms with Crippen molar-refractivity contribution in [1.82, 2.24) is 0 Å². The molecule has 0 spiro atoms. The molecule has 0 amide bonds. The van der Waals surface area contributed by atoms with Crippen molar-refractivity contribution in [3.63, 3.8) is 0 Å². The number of alkyl halides is 4. The van der Waals surface area contributed by atoms with Crippen LogP contribution in [0.2, 0.25) is 0 Å². The Kier molecular flexibility index (Phi) is 11.2. The van der Waals surface area contributed by atoms with E-state index in [2.05, 4.69) is 11.7 Å². The Morgan fingerprint density at radius 2 is 1.33 bits per heavy atom. The zero-order valence-electron chi connectivity index (χ0n) is 24.2. The summed E-state index contributed by atoms with van der Waals surface area (Å²) in [6.07, 6.45) is -1.04. The van der Waals surface area contributed by atoms with Gasteiger partial charge in [0.1, 0.15) is 17.4 Å². The van der Waals surface area contributed by atoms with Gasteiger partial charge in [0.15, 0.2) is 17.5 Å². The first kappa shape index (κ1) is 33.7. The van der Waals surface area contributed by atoms with E-state index in [1.165, 1.54) is 0 Å². The maximum Gasteiger partial charge on any atom is 0.400 e. The van der Waals surface area contributed by atoms with Crippen molar-refractivity contribution < 1.29 is 49.0 Å². The highest BCUT2D eigenvalue weighted by Crippen LogP contribution is 2.46. The average Bonchev–Trinajstić information content (AvgIpc) is 2.98. The Morgan fingerprint density at radius 1 is 0.744 bits per heavy atom. The number of rotatable bonds is 11. The van der Waals surface area contributed by atoms with Gasteiger partial charge in [-0.15, -0.1) is 0 Å². The Bertz CT molecular complexity index is 1110. The Hall–Kier alpha value is -2.17. The maximum absolute atomic E-state index is 15.0. The Balaban J connectivity index is 1.24. The first-order chi connectivity index (χ1) is 20.3. The standard InChI is InChI=1S/C32H39F9O2/c1-2-3-4-19-5-7-20(8-6-19)28(35)29(36)21-9-11-22(12-10-21)31(38,39)42-24-15-13-23(14-16-24)32(40,41)43-25-17-26(33)30(37)27(34)18-25/h5,7,17-24H,2-4,6,8-16H2,1H3/b29-28+. The number of halogens is 9. The van der Waals surface area contributed by atoms with Crippen molar-refractivity contribution in [3.8, 4) is 5.75 Å². The van der Waals surface area contributed by atoms with Crippen LogP contribution in [0.1, 0.15) is 90.4 Å². The quantitative estimate of drug-likeness (QED) is 0.138. The maximum atomic E-state index is 15.0. The van der Waals surface area contributed by atoms with Crippen molar-refractivity contribution in [1.29, 1.82) is 0 Å². The van der Waals surface area contributed by atoms with E-state index < -0.39 is 76.8 Å². The zero-order chi connectivity index (χ0) is 31.4. The SMILES string of the molecule is CCCCC1C=CC(/C(F)=C(\F)C2CCC(C(F)(F)OC3CCC(C(F)(F)Oc4cc(F)c(F)c(F)c4)CC3)CC2)CC1. The molecule has 0 aromatic heterocycles. The molecule has 2 saturated carbocycles. The molecule has 3 aliphatic rings. The summed E-state index contributed by atoms with van der Waals surface area (Å²) in [7, 11) is 0. The van der Waals surface area contributed by atoms with E-state index >= 15 is 13.2 Å². The largest absolute Gasteiger partial charge is 0.432 e. The lowest BCUT2D eigenvalue weighted by atomic mass is 9.79. The number of allylic oxidation sites excluding steroid dienone is 4. The van der Waals surface area contributed by atoms with Gasteiger partial charge in [-0.1, -0.05) is 31.9 Å². The number of benzene rings is 1. The van der Waals surface area contributed by atoms with E-state index in [-0.39, 0.29) is 51.4 Å². The molecule has 43 heavy (non-hydrogen) atoms. The van der Waals surface area contributed by atoms with Crippen molar-refractivity contribution in [3.05, 3.63) is 53.4 Å². The van der Waals surface area contributed by atoms with Crippen LogP contribution in [0, 0.1) is 47.0 Å². The highest BCUT2D eigenvalue weighted by molar-refractivity contribution is 5.25. The molecule has 4 rings (SSSR count). The Morgan fingerprint density at radius 3 is 1.88 bits per heavy atom. The summed E-state index contributed by atoms with van der Waals surface area (Å²) < 4.78 is 139. The van der Waals surface area contributed by atoms with Gasteiger partial charge in [-0.3, -0.25) is 0 Å². The van der Waals surface area contributed by atoms with Gasteiger partial charge in [-0.05, 0) is 76.5 Å². The molecule has 1 aromatic carbocycles. The van der Waals surface area contributed by atoms with E-state index in [9.17, 15) is 26.3 Å². The number of ether oxygens (including phenoxy) is 2. The van der Waals surface area contributed by atoms with Gasteiger partial charge in [0, 0.05) is 24.0 Å². The molecule has 11 heteroatoms. The third-order valence-electron chi connectivity index (χ3n) is 9.19. The fourth-order valence-electron chi connectivity index (χ4n) is 6.52. The molecule has 242 valence electrons. The summed E-state index contributed by atoms with van der Waals surface area (Å²) in [5, 5.41) is 0. The number of unbranched alkanes of at least 4 members (excludes halogenated alkanes) is 1. The van der Waals surface area contributed by atoms with Gasteiger partial charge in [0.2, 0.25) is 0 Å². The van der Waals surface area contributed by atoms with Gasteiger partial charge in [-0.25, -0.2) is 22.0 Å². The summed E-state index contributed by atoms with van der Waals surface area (Å²) in [6, 6.07) is 0.617. The summed E-state index contributed by atoms with van der Waals surface area (Å²) in [6.45, 7) is 2.10. The lowest BCUT2D eigenvalue weighted by molar-refractivity contribution is -0.305. The lowest BCUT2D eigenvalue weighted by Crippen LogP contribution is -2.42. The van der Waals surface area contributed by atoms with Gasteiger partial charge >= 0.3 is 12.2 Å². The van der Waals surface area contributed by atoms with Crippen LogP contribution < -0.4 is 4.74 Å². The van der Waals surface area contributed by atoms with Crippen molar-refractivity contribution in [2.75, 3.05) is 0 Å². The smallest absolute Gasteiger partial charge is 0.400 e. The van der Waals surface area contributed by atoms with E-state index in [1.807, 2.05) is 6.08 Å². The average molecular weight is 627 g/mol. The lowest BCUT2D eigenvalue weighted by Gasteiger charge is -2.38. The molecule has 0 saturated heterocycles. The van der Waals surface area contributed by atoms with Gasteiger partial charge in [-0.2, -0.15) is 17.6 Å². The van der Waals surface area contributed by atoms with Crippen molar-refractivity contribution in [2.45, 2.75) is 109 Å². The molecule has 1 aromatic rings. The number of hydrogen-bond donors (Lipinski definition) is 0. The van der Waals surface area contributed by atoms with Gasteiger partial charge in [0.25, 0.3) is 0 Å². The van der Waals surface area contributed by atoms with Crippen LogP contribution in [-0.4, -0.2) is 18.3 Å². The summed E-state index contributed by atoms with van der Waals surface area (Å²) in [5.41, 5.74) is 0. The summed E-state index contributed by atoms with van der Waals surface area (Å²) in [4.78, 5) is 0. The fourth-order valence-corrected chi connectivity index (χ4v) is 6.52. The van der Waals surface area contributed by atoms with Crippen LogP contribution in [0.15, 0.2) is 35.9 Å². The topological polar surface area (TPSA) is 18.5 Å². The minimum absolute atomic E-state index is 0.0549. The van der Waals surface area contributed by atoms with E-state index in [0.29, 0.717) is 24.5 Å². The first-order valence-electron chi connectivity index (χ1n) is 15.3. The van der Waals surface area contributed by atoms with Crippen LogP contribution >= 0.6 is 0 Å². The van der Waals surface area contributed by atoms with Gasteiger partial charge < -0.3 is 9.47 Å². The molecular weight excluding hydrogens is 587 g/mol. The van der Waals surface area contributed by atoms with Gasteiger partial charge in [0.05, 0.1) is 17.9 Å². The summed E-state index contributed by atoms with van der Waals surface area (Å²) in [5.74, 6) is -11.4. The third-order valence-corrected chi connectivity index (χ3v) is 9.19. The van der Waals surface area contributed by atoms with E-state index in [0.717, 1.165) is 25.7 Å². The van der Waals surface area contributed by atoms with Crippen molar-refractivity contribution >= 4 is 0 Å². The predicted molar refractivity (Wildman–Crippen MR) is 143 cm³/mol. The second-order valence-electron chi connectivity index (χ2n) is 12.2.